The summed E-state index contributed by atoms with van der Waals surface area (Å²) in [4.78, 5) is 14.9. The molecule has 0 radical (unpaired) electrons. The molecule has 0 unspecified atom stereocenters. The van der Waals surface area contributed by atoms with Gasteiger partial charge in [0.05, 0.1) is 6.20 Å². The van der Waals surface area contributed by atoms with Crippen LogP contribution in [0.3, 0.4) is 0 Å². The Balaban J connectivity index is 1.79. The van der Waals surface area contributed by atoms with Crippen LogP contribution < -0.4 is 0 Å². The molecule has 0 aliphatic rings. The Hall–Kier alpha value is -1.62. The molecule has 2 aromatic rings. The SMILES string of the molecule is CN(Cc1cn[nH]c1)C(=O)CCc1cccs1. The van der Waals surface area contributed by atoms with E-state index < -0.39 is 0 Å². The number of H-pyrrole nitrogens is 1. The smallest absolute Gasteiger partial charge is 0.222 e. The number of nitrogens with zero attached hydrogens (tertiary/aromatic N) is 2. The Labute approximate surface area is 104 Å². The van der Waals surface area contributed by atoms with Gasteiger partial charge in [-0.1, -0.05) is 6.07 Å². The number of thiophene rings is 1. The third kappa shape index (κ3) is 3.42. The van der Waals surface area contributed by atoms with Gasteiger partial charge in [-0.15, -0.1) is 11.3 Å². The molecular formula is C12H15N3OS. The quantitative estimate of drug-likeness (QED) is 0.881. The molecule has 2 rings (SSSR count). The molecule has 0 saturated carbocycles. The van der Waals surface area contributed by atoms with Crippen LogP contribution in [-0.2, 0) is 17.8 Å². The van der Waals surface area contributed by atoms with Crippen LogP contribution in [0, 0.1) is 0 Å². The van der Waals surface area contributed by atoms with Crippen molar-refractivity contribution in [3.05, 3.63) is 40.3 Å². The molecule has 0 saturated heterocycles. The summed E-state index contributed by atoms with van der Waals surface area (Å²) >= 11 is 1.70. The minimum Gasteiger partial charge on any atom is -0.341 e. The Morgan fingerprint density at radius 3 is 3.12 bits per heavy atom. The molecule has 0 aliphatic heterocycles. The zero-order chi connectivity index (χ0) is 12.1. The van der Waals surface area contributed by atoms with Crippen LogP contribution in [-0.4, -0.2) is 28.1 Å². The maximum atomic E-state index is 11.9. The number of hydrogen-bond donors (Lipinski definition) is 1. The molecule has 0 atom stereocenters. The Morgan fingerprint density at radius 2 is 2.47 bits per heavy atom. The minimum absolute atomic E-state index is 0.166. The number of aromatic nitrogens is 2. The summed E-state index contributed by atoms with van der Waals surface area (Å²) in [6.45, 7) is 0.611. The van der Waals surface area contributed by atoms with Gasteiger partial charge in [0.25, 0.3) is 0 Å². The number of aryl methyl sites for hydroxylation is 1. The first-order valence-electron chi connectivity index (χ1n) is 5.49. The van der Waals surface area contributed by atoms with E-state index in [2.05, 4.69) is 16.3 Å². The van der Waals surface area contributed by atoms with Crippen molar-refractivity contribution in [1.29, 1.82) is 0 Å². The lowest BCUT2D eigenvalue weighted by Gasteiger charge is -2.15. The van der Waals surface area contributed by atoms with Gasteiger partial charge in [0.2, 0.25) is 5.91 Å². The molecule has 0 bridgehead atoms. The van der Waals surface area contributed by atoms with E-state index in [0.717, 1.165) is 12.0 Å². The van der Waals surface area contributed by atoms with Gasteiger partial charge in [0.1, 0.15) is 0 Å². The summed E-state index contributed by atoms with van der Waals surface area (Å²) in [6.07, 6.45) is 4.94. The second-order valence-corrected chi connectivity index (χ2v) is 4.97. The Morgan fingerprint density at radius 1 is 1.59 bits per heavy atom. The number of hydrogen-bond acceptors (Lipinski definition) is 3. The largest absolute Gasteiger partial charge is 0.341 e. The highest BCUT2D eigenvalue weighted by Crippen LogP contribution is 2.12. The van der Waals surface area contributed by atoms with Crippen molar-refractivity contribution in [1.82, 2.24) is 15.1 Å². The van der Waals surface area contributed by atoms with Crippen LogP contribution in [0.1, 0.15) is 16.9 Å². The first kappa shape index (κ1) is 11.9. The van der Waals surface area contributed by atoms with Gasteiger partial charge < -0.3 is 4.90 Å². The van der Waals surface area contributed by atoms with Crippen molar-refractivity contribution in [2.24, 2.45) is 0 Å². The van der Waals surface area contributed by atoms with Gasteiger partial charge in [-0.2, -0.15) is 5.10 Å². The monoisotopic (exact) mass is 249 g/mol. The van der Waals surface area contributed by atoms with Crippen LogP contribution in [0.15, 0.2) is 29.9 Å². The lowest BCUT2D eigenvalue weighted by molar-refractivity contribution is -0.130. The lowest BCUT2D eigenvalue weighted by atomic mass is 10.2. The van der Waals surface area contributed by atoms with E-state index >= 15 is 0 Å². The number of amides is 1. The molecule has 5 heteroatoms. The molecule has 0 aromatic carbocycles. The molecule has 2 aromatic heterocycles. The molecule has 0 fully saturated rings. The summed E-state index contributed by atoms with van der Waals surface area (Å²) in [6, 6.07) is 4.08. The highest BCUT2D eigenvalue weighted by molar-refractivity contribution is 7.09. The van der Waals surface area contributed by atoms with Crippen molar-refractivity contribution >= 4 is 17.2 Å². The summed E-state index contributed by atoms with van der Waals surface area (Å²) in [5.41, 5.74) is 1.02. The Kier molecular flexibility index (Phi) is 3.93. The topological polar surface area (TPSA) is 49.0 Å². The molecule has 17 heavy (non-hydrogen) atoms. The molecule has 4 nitrogen and oxygen atoms in total. The first-order valence-corrected chi connectivity index (χ1v) is 6.37. The van der Waals surface area contributed by atoms with Crippen molar-refractivity contribution in [3.63, 3.8) is 0 Å². The highest BCUT2D eigenvalue weighted by Gasteiger charge is 2.10. The van der Waals surface area contributed by atoms with Crippen LogP contribution in [0.4, 0.5) is 0 Å². The summed E-state index contributed by atoms with van der Waals surface area (Å²) in [5.74, 6) is 0.166. The average Bonchev–Trinajstić information content (AvgIpc) is 2.98. The van der Waals surface area contributed by atoms with Crippen molar-refractivity contribution < 1.29 is 4.79 Å². The van der Waals surface area contributed by atoms with Crippen LogP contribution in [0.5, 0.6) is 0 Å². The van der Waals surface area contributed by atoms with Crippen molar-refractivity contribution in [2.45, 2.75) is 19.4 Å². The number of rotatable bonds is 5. The van der Waals surface area contributed by atoms with Gasteiger partial charge in [-0.3, -0.25) is 9.89 Å². The zero-order valence-corrected chi connectivity index (χ0v) is 10.5. The zero-order valence-electron chi connectivity index (χ0n) is 9.72. The summed E-state index contributed by atoms with van der Waals surface area (Å²) in [7, 11) is 1.82. The fraction of sp³-hybridized carbons (Fsp3) is 0.333. The third-order valence-corrected chi connectivity index (χ3v) is 3.50. The average molecular weight is 249 g/mol. The molecule has 1 N–H and O–H groups in total. The molecule has 0 spiro atoms. The van der Waals surface area contributed by atoms with Gasteiger partial charge in [-0.25, -0.2) is 0 Å². The van der Waals surface area contributed by atoms with Crippen molar-refractivity contribution in [2.75, 3.05) is 7.05 Å². The van der Waals surface area contributed by atoms with Crippen LogP contribution in [0.25, 0.3) is 0 Å². The number of aromatic amines is 1. The van der Waals surface area contributed by atoms with E-state index in [-0.39, 0.29) is 5.91 Å². The second-order valence-electron chi connectivity index (χ2n) is 3.94. The lowest BCUT2D eigenvalue weighted by Crippen LogP contribution is -2.26. The molecular weight excluding hydrogens is 234 g/mol. The molecule has 1 amide bonds. The predicted molar refractivity (Wildman–Crippen MR) is 67.7 cm³/mol. The maximum Gasteiger partial charge on any atom is 0.222 e. The minimum atomic E-state index is 0.166. The number of nitrogens with one attached hydrogen (secondary N) is 1. The van der Waals surface area contributed by atoms with Gasteiger partial charge in [-0.05, 0) is 17.9 Å². The fourth-order valence-electron chi connectivity index (χ4n) is 1.60. The Bertz CT molecular complexity index is 450. The van der Waals surface area contributed by atoms with Gasteiger partial charge in [0.15, 0.2) is 0 Å². The van der Waals surface area contributed by atoms with Gasteiger partial charge >= 0.3 is 0 Å². The maximum absolute atomic E-state index is 11.9. The summed E-state index contributed by atoms with van der Waals surface area (Å²) in [5, 5.41) is 8.64. The highest BCUT2D eigenvalue weighted by atomic mass is 32.1. The number of carbonyl (C=O) groups excluding carboxylic acids is 1. The predicted octanol–water partition coefficient (Wildman–Crippen LogP) is 2.06. The van der Waals surface area contributed by atoms with Crippen LogP contribution >= 0.6 is 11.3 Å². The van der Waals surface area contributed by atoms with E-state index in [1.54, 1.807) is 22.4 Å². The molecule has 0 aliphatic carbocycles. The molecule has 2 heterocycles. The third-order valence-electron chi connectivity index (χ3n) is 2.57. The van der Waals surface area contributed by atoms with E-state index in [4.69, 9.17) is 0 Å². The van der Waals surface area contributed by atoms with E-state index in [1.165, 1.54) is 4.88 Å². The molecule has 90 valence electrons. The van der Waals surface area contributed by atoms with Crippen LogP contribution in [0.2, 0.25) is 0 Å². The summed E-state index contributed by atoms with van der Waals surface area (Å²) < 4.78 is 0. The van der Waals surface area contributed by atoms with E-state index in [9.17, 15) is 4.79 Å². The van der Waals surface area contributed by atoms with E-state index in [1.807, 2.05) is 24.7 Å². The second kappa shape index (κ2) is 5.63. The number of carbonyl (C=O) groups is 1. The van der Waals surface area contributed by atoms with Crippen molar-refractivity contribution in [3.8, 4) is 0 Å². The standard InChI is InChI=1S/C12H15N3OS/c1-15(9-10-7-13-14-8-10)12(16)5-4-11-3-2-6-17-11/h2-3,6-8H,4-5,9H2,1H3,(H,13,14). The first-order chi connectivity index (χ1) is 8.25. The fourth-order valence-corrected chi connectivity index (χ4v) is 2.31. The van der Waals surface area contributed by atoms with E-state index in [0.29, 0.717) is 13.0 Å². The normalized spacial score (nSPS) is 10.4. The van der Waals surface area contributed by atoms with Gasteiger partial charge in [0, 0.05) is 36.7 Å².